The third kappa shape index (κ3) is 2.85. The summed E-state index contributed by atoms with van der Waals surface area (Å²) in [6.07, 6.45) is 2.78. The number of carboxylic acid groups (broad SMARTS) is 1. The molecule has 0 aliphatic carbocycles. The number of pyridine rings is 1. The van der Waals surface area contributed by atoms with E-state index in [1.54, 1.807) is 6.92 Å². The molecule has 5 heteroatoms. The summed E-state index contributed by atoms with van der Waals surface area (Å²) in [5.41, 5.74) is 0.635. The number of rotatable bonds is 4. The lowest BCUT2D eigenvalue weighted by Crippen LogP contribution is -1.98. The molecular formula is C9H10N2O3. The normalized spacial score (nSPS) is 10.4. The van der Waals surface area contributed by atoms with E-state index in [-0.39, 0.29) is 5.56 Å². The Balaban J connectivity index is 2.78. The fourth-order valence-electron chi connectivity index (χ4n) is 0.818. The second-order valence-corrected chi connectivity index (χ2v) is 2.43. The van der Waals surface area contributed by atoms with Gasteiger partial charge in [0.1, 0.15) is 6.61 Å². The van der Waals surface area contributed by atoms with Crippen molar-refractivity contribution >= 4 is 12.2 Å². The third-order valence-electron chi connectivity index (χ3n) is 1.42. The van der Waals surface area contributed by atoms with Gasteiger partial charge in [-0.2, -0.15) is 0 Å². The standard InChI is InChI=1S/C9H10N2O3/c1-2-14-11-6-8-5-7(9(12)13)3-4-10-8/h3-6H,2H2,1H3,(H,12,13). The summed E-state index contributed by atoms with van der Waals surface area (Å²) in [4.78, 5) is 19.2. The molecule has 0 bridgehead atoms. The van der Waals surface area contributed by atoms with Crippen LogP contribution < -0.4 is 0 Å². The predicted octanol–water partition coefficient (Wildman–Crippen LogP) is 1.15. The monoisotopic (exact) mass is 194 g/mol. The van der Waals surface area contributed by atoms with E-state index in [9.17, 15) is 4.79 Å². The van der Waals surface area contributed by atoms with Gasteiger partial charge in [0.15, 0.2) is 0 Å². The van der Waals surface area contributed by atoms with E-state index in [4.69, 9.17) is 9.94 Å². The Hall–Kier alpha value is -1.91. The first-order valence-corrected chi connectivity index (χ1v) is 4.08. The molecule has 0 unspecified atom stereocenters. The van der Waals surface area contributed by atoms with Crippen molar-refractivity contribution in [3.63, 3.8) is 0 Å². The van der Waals surface area contributed by atoms with Gasteiger partial charge < -0.3 is 9.94 Å². The van der Waals surface area contributed by atoms with Gasteiger partial charge in [0.05, 0.1) is 17.5 Å². The van der Waals surface area contributed by atoms with Crippen molar-refractivity contribution in [3.05, 3.63) is 29.6 Å². The zero-order chi connectivity index (χ0) is 10.4. The molecule has 14 heavy (non-hydrogen) atoms. The van der Waals surface area contributed by atoms with Crippen molar-refractivity contribution in [1.29, 1.82) is 0 Å². The highest BCUT2D eigenvalue weighted by Crippen LogP contribution is 1.99. The molecule has 1 rings (SSSR count). The largest absolute Gasteiger partial charge is 0.478 e. The van der Waals surface area contributed by atoms with E-state index < -0.39 is 5.97 Å². The highest BCUT2D eigenvalue weighted by atomic mass is 16.6. The fraction of sp³-hybridized carbons (Fsp3) is 0.222. The maximum absolute atomic E-state index is 10.6. The van der Waals surface area contributed by atoms with Crippen molar-refractivity contribution in [3.8, 4) is 0 Å². The Morgan fingerprint density at radius 3 is 3.21 bits per heavy atom. The van der Waals surface area contributed by atoms with Crippen LogP contribution in [0.3, 0.4) is 0 Å². The molecule has 1 N–H and O–H groups in total. The zero-order valence-electron chi connectivity index (χ0n) is 7.67. The minimum Gasteiger partial charge on any atom is -0.478 e. The molecule has 74 valence electrons. The Bertz CT molecular complexity index is 350. The van der Waals surface area contributed by atoms with E-state index in [0.717, 1.165) is 0 Å². The minimum absolute atomic E-state index is 0.179. The van der Waals surface area contributed by atoms with E-state index >= 15 is 0 Å². The maximum atomic E-state index is 10.6. The van der Waals surface area contributed by atoms with E-state index in [1.807, 2.05) is 0 Å². The molecule has 1 aromatic heterocycles. The summed E-state index contributed by atoms with van der Waals surface area (Å²) in [5.74, 6) is -0.988. The van der Waals surface area contributed by atoms with Crippen molar-refractivity contribution < 1.29 is 14.7 Å². The van der Waals surface area contributed by atoms with Gasteiger partial charge in [0.25, 0.3) is 0 Å². The minimum atomic E-state index is -0.988. The van der Waals surface area contributed by atoms with Gasteiger partial charge in [-0.3, -0.25) is 4.98 Å². The van der Waals surface area contributed by atoms with Gasteiger partial charge >= 0.3 is 5.97 Å². The summed E-state index contributed by atoms with van der Waals surface area (Å²) in [5, 5.41) is 12.3. The van der Waals surface area contributed by atoms with Gasteiger partial charge in [0.2, 0.25) is 0 Å². The van der Waals surface area contributed by atoms with Crippen LogP contribution >= 0.6 is 0 Å². The van der Waals surface area contributed by atoms with E-state index in [2.05, 4.69) is 10.1 Å². The van der Waals surface area contributed by atoms with Crippen LogP contribution in [0.5, 0.6) is 0 Å². The van der Waals surface area contributed by atoms with Crippen molar-refractivity contribution in [2.75, 3.05) is 6.61 Å². The smallest absolute Gasteiger partial charge is 0.335 e. The second-order valence-electron chi connectivity index (χ2n) is 2.43. The first kappa shape index (κ1) is 10.2. The molecule has 1 heterocycles. The number of carbonyl (C=O) groups is 1. The Labute approximate surface area is 81.0 Å². The van der Waals surface area contributed by atoms with Gasteiger partial charge in [0, 0.05) is 6.20 Å². The number of nitrogens with zero attached hydrogens (tertiary/aromatic N) is 2. The van der Waals surface area contributed by atoms with Crippen LogP contribution in [0.4, 0.5) is 0 Å². The van der Waals surface area contributed by atoms with Gasteiger partial charge in [-0.25, -0.2) is 4.79 Å². The third-order valence-corrected chi connectivity index (χ3v) is 1.42. The van der Waals surface area contributed by atoms with Crippen molar-refractivity contribution in [2.45, 2.75) is 6.92 Å². The lowest BCUT2D eigenvalue weighted by atomic mass is 10.2. The summed E-state index contributed by atoms with van der Waals surface area (Å²) >= 11 is 0. The molecule has 0 radical (unpaired) electrons. The van der Waals surface area contributed by atoms with Crippen LogP contribution in [0.25, 0.3) is 0 Å². The molecule has 0 aliphatic rings. The average Bonchev–Trinajstić information content (AvgIpc) is 2.19. The van der Waals surface area contributed by atoms with Crippen LogP contribution in [0.15, 0.2) is 23.5 Å². The zero-order valence-corrected chi connectivity index (χ0v) is 7.67. The summed E-state index contributed by atoms with van der Waals surface area (Å²) < 4.78 is 0. The molecule has 0 spiro atoms. The number of hydrogen-bond donors (Lipinski definition) is 1. The number of carboxylic acids is 1. The number of hydrogen-bond acceptors (Lipinski definition) is 4. The van der Waals surface area contributed by atoms with Crippen LogP contribution in [0.1, 0.15) is 23.0 Å². The molecule has 1 aromatic rings. The number of aromatic carboxylic acids is 1. The second kappa shape index (κ2) is 4.96. The van der Waals surface area contributed by atoms with E-state index in [1.165, 1.54) is 24.5 Å². The van der Waals surface area contributed by atoms with Gasteiger partial charge in [-0.1, -0.05) is 5.16 Å². The molecule has 5 nitrogen and oxygen atoms in total. The molecular weight excluding hydrogens is 184 g/mol. The van der Waals surface area contributed by atoms with Gasteiger partial charge in [-0.15, -0.1) is 0 Å². The highest BCUT2D eigenvalue weighted by Gasteiger charge is 2.02. The Morgan fingerprint density at radius 1 is 1.79 bits per heavy atom. The lowest BCUT2D eigenvalue weighted by Gasteiger charge is -1.95. The molecule has 0 aliphatic heterocycles. The SMILES string of the molecule is CCON=Cc1cc(C(=O)O)ccn1. The quantitative estimate of drug-likeness (QED) is 0.576. The summed E-state index contributed by atoms with van der Waals surface area (Å²) in [6, 6.07) is 2.84. The molecule has 0 amide bonds. The fourth-order valence-corrected chi connectivity index (χ4v) is 0.818. The summed E-state index contributed by atoms with van der Waals surface area (Å²) in [7, 11) is 0. The lowest BCUT2D eigenvalue weighted by molar-refractivity contribution is 0.0696. The first-order chi connectivity index (χ1) is 6.74. The number of aromatic nitrogens is 1. The molecule has 0 aromatic carbocycles. The van der Waals surface area contributed by atoms with Crippen molar-refractivity contribution in [1.82, 2.24) is 4.98 Å². The Morgan fingerprint density at radius 2 is 2.57 bits per heavy atom. The first-order valence-electron chi connectivity index (χ1n) is 4.08. The molecule has 0 saturated carbocycles. The van der Waals surface area contributed by atoms with Crippen LogP contribution in [0.2, 0.25) is 0 Å². The van der Waals surface area contributed by atoms with Crippen LogP contribution in [-0.4, -0.2) is 28.9 Å². The molecule has 0 saturated heterocycles. The van der Waals surface area contributed by atoms with Crippen LogP contribution in [-0.2, 0) is 4.84 Å². The average molecular weight is 194 g/mol. The van der Waals surface area contributed by atoms with Gasteiger partial charge in [-0.05, 0) is 19.1 Å². The maximum Gasteiger partial charge on any atom is 0.335 e. The molecule has 0 fully saturated rings. The van der Waals surface area contributed by atoms with E-state index in [0.29, 0.717) is 12.3 Å². The number of oxime groups is 1. The Kier molecular flexibility index (Phi) is 3.60. The van der Waals surface area contributed by atoms with Crippen LogP contribution in [0, 0.1) is 0 Å². The van der Waals surface area contributed by atoms with Crippen molar-refractivity contribution in [2.24, 2.45) is 5.16 Å². The highest BCUT2D eigenvalue weighted by molar-refractivity contribution is 5.89. The topological polar surface area (TPSA) is 71.8 Å². The summed E-state index contributed by atoms with van der Waals surface area (Å²) in [6.45, 7) is 2.27. The molecule has 0 atom stereocenters. The predicted molar refractivity (Wildman–Crippen MR) is 50.4 cm³/mol.